The molecule has 0 fully saturated rings. The van der Waals surface area contributed by atoms with Gasteiger partial charge in [0.15, 0.2) is 0 Å². The van der Waals surface area contributed by atoms with Gasteiger partial charge in [0.05, 0.1) is 0 Å². The number of unbranched alkanes of at least 4 members (excludes halogenated alkanes) is 8. The van der Waals surface area contributed by atoms with Gasteiger partial charge < -0.3 is 31.3 Å². The van der Waals surface area contributed by atoms with Gasteiger partial charge in [-0.05, 0) is 44.1 Å². The summed E-state index contributed by atoms with van der Waals surface area (Å²) in [6.45, 7) is 0.926. The Bertz CT molecular complexity index is 772. The van der Waals surface area contributed by atoms with E-state index in [1.807, 2.05) is 0 Å². The third-order valence-corrected chi connectivity index (χ3v) is 5.57. The zero-order valence-corrected chi connectivity index (χ0v) is 21.2. The number of carbonyl (C=O) groups is 5. The second-order valence-electron chi connectivity index (χ2n) is 8.71. The summed E-state index contributed by atoms with van der Waals surface area (Å²) >= 11 is 0. The molecule has 0 aliphatic heterocycles. The lowest BCUT2D eigenvalue weighted by Crippen LogP contribution is -2.51. The van der Waals surface area contributed by atoms with Crippen molar-refractivity contribution >= 4 is 29.8 Å². The highest BCUT2D eigenvalue weighted by atomic mass is 16.4. The SMILES string of the molecule is [N-]=[N+]=NCCCCCCCCCCC(=O)NCCCCC(NC(=O)NC(CCC(=O)O)C(=O)O)C(=O)O. The van der Waals surface area contributed by atoms with Crippen LogP contribution in [0.15, 0.2) is 5.11 Å². The smallest absolute Gasteiger partial charge is 0.326 e. The second kappa shape index (κ2) is 21.7. The van der Waals surface area contributed by atoms with Crippen LogP contribution in [0.25, 0.3) is 10.4 Å². The van der Waals surface area contributed by atoms with E-state index in [0.717, 1.165) is 51.4 Å². The molecule has 0 spiro atoms. The van der Waals surface area contributed by atoms with Crippen LogP contribution >= 0.6 is 0 Å². The Morgan fingerprint density at radius 2 is 1.24 bits per heavy atom. The normalized spacial score (nSPS) is 12.0. The van der Waals surface area contributed by atoms with Crippen molar-refractivity contribution in [2.24, 2.45) is 5.11 Å². The lowest BCUT2D eigenvalue weighted by molar-refractivity contribution is -0.140. The lowest BCUT2D eigenvalue weighted by Gasteiger charge is -2.18. The third kappa shape index (κ3) is 20.4. The number of hydrogen-bond donors (Lipinski definition) is 6. The van der Waals surface area contributed by atoms with Crippen LogP contribution in [0.4, 0.5) is 4.79 Å². The van der Waals surface area contributed by atoms with Gasteiger partial charge >= 0.3 is 23.9 Å². The molecular formula is C23H40N6O8. The largest absolute Gasteiger partial charge is 0.481 e. The molecule has 0 saturated carbocycles. The minimum Gasteiger partial charge on any atom is -0.481 e. The van der Waals surface area contributed by atoms with E-state index in [-0.39, 0.29) is 18.7 Å². The lowest BCUT2D eigenvalue weighted by atomic mass is 10.1. The Balaban J connectivity index is 3.96. The van der Waals surface area contributed by atoms with Crippen molar-refractivity contribution in [3.05, 3.63) is 10.4 Å². The highest BCUT2D eigenvalue weighted by Crippen LogP contribution is 2.10. The van der Waals surface area contributed by atoms with Gasteiger partial charge in [0.2, 0.25) is 5.91 Å². The molecule has 2 atom stereocenters. The van der Waals surface area contributed by atoms with Crippen molar-refractivity contribution in [2.45, 2.75) is 102 Å². The predicted octanol–water partition coefficient (Wildman–Crippen LogP) is 3.16. The van der Waals surface area contributed by atoms with Gasteiger partial charge in [-0.2, -0.15) is 0 Å². The number of azide groups is 1. The molecule has 0 heterocycles. The summed E-state index contributed by atoms with van der Waals surface area (Å²) in [4.78, 5) is 59.8. The zero-order chi connectivity index (χ0) is 27.9. The summed E-state index contributed by atoms with van der Waals surface area (Å²) in [5.41, 5.74) is 8.19. The van der Waals surface area contributed by atoms with E-state index in [9.17, 15) is 29.1 Å². The first-order valence-electron chi connectivity index (χ1n) is 12.7. The average Bonchev–Trinajstić information content (AvgIpc) is 2.83. The number of hydrogen-bond acceptors (Lipinski definition) is 6. The van der Waals surface area contributed by atoms with E-state index in [2.05, 4.69) is 26.0 Å². The molecule has 0 rings (SSSR count). The summed E-state index contributed by atoms with van der Waals surface area (Å²) in [5, 5.41) is 37.6. The molecule has 0 aliphatic rings. The molecule has 14 nitrogen and oxygen atoms in total. The van der Waals surface area contributed by atoms with Crippen LogP contribution in [-0.2, 0) is 19.2 Å². The van der Waals surface area contributed by atoms with Crippen LogP contribution in [-0.4, -0.2) is 70.3 Å². The number of rotatable bonds is 23. The number of aliphatic carboxylic acids is 3. The van der Waals surface area contributed by atoms with Crippen molar-refractivity contribution in [2.75, 3.05) is 13.1 Å². The minimum atomic E-state index is -1.46. The molecule has 210 valence electrons. The van der Waals surface area contributed by atoms with Crippen LogP contribution in [0.1, 0.15) is 89.9 Å². The van der Waals surface area contributed by atoms with Crippen LogP contribution < -0.4 is 16.0 Å². The Labute approximate surface area is 216 Å². The molecule has 3 amide bonds. The maximum absolute atomic E-state index is 12.0. The quantitative estimate of drug-likeness (QED) is 0.0497. The van der Waals surface area contributed by atoms with Crippen LogP contribution in [0.5, 0.6) is 0 Å². The van der Waals surface area contributed by atoms with Crippen LogP contribution in [0, 0.1) is 0 Å². The number of nitrogens with one attached hydrogen (secondary N) is 3. The Morgan fingerprint density at radius 1 is 0.703 bits per heavy atom. The summed E-state index contributed by atoms with van der Waals surface area (Å²) in [6, 6.07) is -3.72. The summed E-state index contributed by atoms with van der Waals surface area (Å²) < 4.78 is 0. The number of carboxylic acid groups (broad SMARTS) is 3. The topological polar surface area (TPSA) is 231 Å². The number of urea groups is 1. The number of carbonyl (C=O) groups excluding carboxylic acids is 2. The fraction of sp³-hybridized carbons (Fsp3) is 0.783. The highest BCUT2D eigenvalue weighted by molar-refractivity contribution is 5.86. The van der Waals surface area contributed by atoms with E-state index < -0.39 is 42.4 Å². The standard InChI is InChI=1S/C23H40N6O8/c24-29-26-16-9-6-4-2-1-3-5-7-12-19(30)25-15-10-8-11-17(21(33)34)27-23(37)28-18(22(35)36)13-14-20(31)32/h17-18H,1-16H2,(H,25,30)(H,31,32)(H,33,34)(H,35,36)(H2,27,28,37). The van der Waals surface area contributed by atoms with E-state index >= 15 is 0 Å². The first kappa shape index (κ1) is 33.5. The fourth-order valence-electron chi connectivity index (χ4n) is 3.50. The van der Waals surface area contributed by atoms with Crippen LogP contribution in [0.3, 0.4) is 0 Å². The number of carboxylic acids is 3. The first-order valence-corrected chi connectivity index (χ1v) is 12.7. The van der Waals surface area contributed by atoms with E-state index in [1.54, 1.807) is 0 Å². The summed E-state index contributed by atoms with van der Waals surface area (Å²) in [7, 11) is 0. The van der Waals surface area contributed by atoms with Crippen molar-refractivity contribution in [3.63, 3.8) is 0 Å². The van der Waals surface area contributed by atoms with Gasteiger partial charge in [-0.1, -0.05) is 43.6 Å². The highest BCUT2D eigenvalue weighted by Gasteiger charge is 2.24. The average molecular weight is 529 g/mol. The molecular weight excluding hydrogens is 488 g/mol. The van der Waals surface area contributed by atoms with E-state index in [1.165, 1.54) is 0 Å². The van der Waals surface area contributed by atoms with Crippen molar-refractivity contribution in [1.82, 2.24) is 16.0 Å². The van der Waals surface area contributed by atoms with Crippen molar-refractivity contribution < 1.29 is 39.3 Å². The van der Waals surface area contributed by atoms with Crippen molar-refractivity contribution in [3.8, 4) is 0 Å². The number of nitrogens with zero attached hydrogens (tertiary/aromatic N) is 3. The predicted molar refractivity (Wildman–Crippen MR) is 134 cm³/mol. The fourth-order valence-corrected chi connectivity index (χ4v) is 3.50. The van der Waals surface area contributed by atoms with Gasteiger partial charge in [0.25, 0.3) is 0 Å². The minimum absolute atomic E-state index is 0.0635. The molecule has 0 bridgehead atoms. The molecule has 0 aromatic rings. The molecule has 0 radical (unpaired) electrons. The maximum Gasteiger partial charge on any atom is 0.326 e. The van der Waals surface area contributed by atoms with Gasteiger partial charge in [-0.3, -0.25) is 9.59 Å². The van der Waals surface area contributed by atoms with Gasteiger partial charge in [-0.25, -0.2) is 14.4 Å². The second-order valence-corrected chi connectivity index (χ2v) is 8.71. The maximum atomic E-state index is 12.0. The molecule has 6 N–H and O–H groups in total. The Kier molecular flexibility index (Phi) is 19.6. The van der Waals surface area contributed by atoms with Crippen molar-refractivity contribution in [1.29, 1.82) is 0 Å². The van der Waals surface area contributed by atoms with E-state index in [0.29, 0.717) is 32.4 Å². The van der Waals surface area contributed by atoms with E-state index in [4.69, 9.17) is 15.7 Å². The monoisotopic (exact) mass is 528 g/mol. The number of amides is 3. The molecule has 0 aromatic heterocycles. The van der Waals surface area contributed by atoms with Crippen LogP contribution in [0.2, 0.25) is 0 Å². The zero-order valence-electron chi connectivity index (χ0n) is 21.2. The van der Waals surface area contributed by atoms with Gasteiger partial charge in [0, 0.05) is 30.8 Å². The summed E-state index contributed by atoms with van der Waals surface area (Å²) in [6.07, 6.45) is 8.77. The summed E-state index contributed by atoms with van der Waals surface area (Å²) in [5.74, 6) is -3.99. The first-order chi connectivity index (χ1) is 17.7. The third-order valence-electron chi connectivity index (χ3n) is 5.57. The molecule has 0 aromatic carbocycles. The molecule has 0 aliphatic carbocycles. The van der Waals surface area contributed by atoms with Gasteiger partial charge in [-0.15, -0.1) is 0 Å². The molecule has 37 heavy (non-hydrogen) atoms. The Morgan fingerprint density at radius 3 is 1.78 bits per heavy atom. The molecule has 14 heteroatoms. The molecule has 2 unspecified atom stereocenters. The van der Waals surface area contributed by atoms with Gasteiger partial charge in [0.1, 0.15) is 12.1 Å². The molecule has 0 saturated heterocycles. The Hall–Kier alpha value is -3.54.